The van der Waals surface area contributed by atoms with Crippen LogP contribution in [-0.4, -0.2) is 27.9 Å². The van der Waals surface area contributed by atoms with Crippen LogP contribution in [0.1, 0.15) is 11.3 Å². The molecule has 3 aromatic carbocycles. The normalized spacial score (nSPS) is 11.5. The summed E-state index contributed by atoms with van der Waals surface area (Å²) in [6.07, 6.45) is 3.67. The first-order valence-corrected chi connectivity index (χ1v) is 12.5. The fourth-order valence-corrected chi connectivity index (χ4v) is 5.01. The number of fused-ring (bicyclic) bond motifs is 3. The minimum atomic E-state index is 0.720. The Kier molecular flexibility index (Phi) is 5.89. The summed E-state index contributed by atoms with van der Waals surface area (Å²) in [5, 5.41) is 9.48. The highest BCUT2D eigenvalue weighted by molar-refractivity contribution is 7.14. The SMILES string of the molecule is COc1ccc(-c2csc(N/N=C/c3cc4c5ccccc5n(Cc5ccccc5)c4cn3)n2)cc1. The zero-order valence-electron chi connectivity index (χ0n) is 19.6. The molecule has 0 bridgehead atoms. The van der Waals surface area contributed by atoms with Crippen LogP contribution in [-0.2, 0) is 6.54 Å². The van der Waals surface area contributed by atoms with E-state index < -0.39 is 0 Å². The summed E-state index contributed by atoms with van der Waals surface area (Å²) in [6.45, 7) is 0.794. The number of methoxy groups -OCH3 is 1. The molecular formula is C29H23N5OS. The molecule has 7 heteroatoms. The number of para-hydroxylation sites is 1. The quantitative estimate of drug-likeness (QED) is 0.197. The summed E-state index contributed by atoms with van der Waals surface area (Å²) in [4.78, 5) is 9.30. The van der Waals surface area contributed by atoms with E-state index in [1.54, 1.807) is 13.3 Å². The standard InChI is InChI=1S/C29H23N5OS/c1-35-23-13-11-21(12-14-23)26-19-36-29(32-26)33-31-16-22-15-25-24-9-5-6-10-27(24)34(28(25)17-30-22)18-20-7-3-2-4-8-20/h2-17,19H,18H2,1H3,(H,32,33)/b31-16+. The van der Waals surface area contributed by atoms with E-state index in [0.717, 1.165) is 45.3 Å². The molecule has 3 aromatic heterocycles. The van der Waals surface area contributed by atoms with Gasteiger partial charge in [0.25, 0.3) is 0 Å². The highest BCUT2D eigenvalue weighted by Crippen LogP contribution is 2.30. The maximum absolute atomic E-state index is 5.23. The first kappa shape index (κ1) is 22.0. The minimum Gasteiger partial charge on any atom is -0.497 e. The van der Waals surface area contributed by atoms with E-state index in [4.69, 9.17) is 4.74 Å². The van der Waals surface area contributed by atoms with E-state index in [9.17, 15) is 0 Å². The molecule has 0 aliphatic heterocycles. The Labute approximate surface area is 212 Å². The monoisotopic (exact) mass is 489 g/mol. The van der Waals surface area contributed by atoms with Crippen LogP contribution < -0.4 is 10.2 Å². The molecule has 0 unspecified atom stereocenters. The van der Waals surface area contributed by atoms with E-state index in [1.807, 2.05) is 41.9 Å². The summed E-state index contributed by atoms with van der Waals surface area (Å²) in [7, 11) is 1.66. The van der Waals surface area contributed by atoms with Crippen LogP contribution in [0, 0.1) is 0 Å². The predicted octanol–water partition coefficient (Wildman–Crippen LogP) is 6.82. The van der Waals surface area contributed by atoms with Gasteiger partial charge in [-0.1, -0.05) is 48.5 Å². The van der Waals surface area contributed by atoms with Crippen LogP contribution in [0.5, 0.6) is 5.75 Å². The lowest BCUT2D eigenvalue weighted by Crippen LogP contribution is -2.00. The molecule has 36 heavy (non-hydrogen) atoms. The number of rotatable bonds is 7. The van der Waals surface area contributed by atoms with Crippen molar-refractivity contribution in [2.24, 2.45) is 5.10 Å². The van der Waals surface area contributed by atoms with Crippen LogP contribution in [0.3, 0.4) is 0 Å². The molecule has 0 saturated carbocycles. The lowest BCUT2D eigenvalue weighted by atomic mass is 10.2. The molecule has 6 nitrogen and oxygen atoms in total. The molecule has 6 rings (SSSR count). The van der Waals surface area contributed by atoms with Crippen molar-refractivity contribution in [2.75, 3.05) is 12.5 Å². The van der Waals surface area contributed by atoms with E-state index in [-0.39, 0.29) is 0 Å². The molecule has 176 valence electrons. The molecule has 0 radical (unpaired) electrons. The molecule has 0 fully saturated rings. The van der Waals surface area contributed by atoms with Gasteiger partial charge >= 0.3 is 0 Å². The average Bonchev–Trinajstić information content (AvgIpc) is 3.53. The van der Waals surface area contributed by atoms with E-state index in [0.29, 0.717) is 0 Å². The van der Waals surface area contributed by atoms with Crippen LogP contribution >= 0.6 is 11.3 Å². The first-order valence-electron chi connectivity index (χ1n) is 11.6. The van der Waals surface area contributed by atoms with Gasteiger partial charge in [-0.15, -0.1) is 11.3 Å². The maximum atomic E-state index is 5.23. The third-order valence-corrected chi connectivity index (χ3v) is 6.86. The minimum absolute atomic E-state index is 0.720. The number of nitrogens with one attached hydrogen (secondary N) is 1. The van der Waals surface area contributed by atoms with E-state index >= 15 is 0 Å². The number of hydrogen-bond acceptors (Lipinski definition) is 6. The summed E-state index contributed by atoms with van der Waals surface area (Å²) in [5.74, 6) is 0.824. The van der Waals surface area contributed by atoms with Gasteiger partial charge in [0.15, 0.2) is 0 Å². The number of aromatic nitrogens is 3. The van der Waals surface area contributed by atoms with Gasteiger partial charge < -0.3 is 9.30 Å². The van der Waals surface area contributed by atoms with Gasteiger partial charge in [-0.2, -0.15) is 5.10 Å². The van der Waals surface area contributed by atoms with Crippen LogP contribution in [0.15, 0.2) is 102 Å². The molecule has 0 saturated heterocycles. The Morgan fingerprint density at radius 3 is 2.58 bits per heavy atom. The summed E-state index contributed by atoms with van der Waals surface area (Å²) in [6, 6.07) is 28.9. The highest BCUT2D eigenvalue weighted by atomic mass is 32.1. The van der Waals surface area contributed by atoms with Gasteiger partial charge in [-0.3, -0.25) is 10.4 Å². The van der Waals surface area contributed by atoms with Crippen molar-refractivity contribution in [3.05, 3.63) is 108 Å². The Morgan fingerprint density at radius 2 is 1.75 bits per heavy atom. The number of pyridine rings is 1. The summed E-state index contributed by atoms with van der Waals surface area (Å²) in [5.41, 5.74) is 9.30. The summed E-state index contributed by atoms with van der Waals surface area (Å²) < 4.78 is 7.55. The maximum Gasteiger partial charge on any atom is 0.203 e. The Morgan fingerprint density at radius 1 is 0.944 bits per heavy atom. The van der Waals surface area contributed by atoms with Gasteiger partial charge in [-0.05, 0) is 42.0 Å². The molecule has 3 heterocycles. The molecular weight excluding hydrogens is 466 g/mol. The number of hydrazone groups is 1. The van der Waals surface area contributed by atoms with Crippen molar-refractivity contribution in [1.29, 1.82) is 0 Å². The number of ether oxygens (including phenoxy) is 1. The third-order valence-electron chi connectivity index (χ3n) is 6.11. The fraction of sp³-hybridized carbons (Fsp3) is 0.0690. The van der Waals surface area contributed by atoms with Gasteiger partial charge in [0.2, 0.25) is 5.13 Å². The molecule has 6 aromatic rings. The van der Waals surface area contributed by atoms with E-state index in [1.165, 1.54) is 27.8 Å². The largest absolute Gasteiger partial charge is 0.497 e. The van der Waals surface area contributed by atoms with Crippen molar-refractivity contribution in [3.63, 3.8) is 0 Å². The highest BCUT2D eigenvalue weighted by Gasteiger charge is 2.12. The predicted molar refractivity (Wildman–Crippen MR) is 148 cm³/mol. The fourth-order valence-electron chi connectivity index (χ4n) is 4.34. The van der Waals surface area contributed by atoms with Gasteiger partial charge in [0, 0.05) is 33.8 Å². The number of thiazole rings is 1. The third kappa shape index (κ3) is 4.32. The Bertz CT molecular complexity index is 1670. The Balaban J connectivity index is 1.24. The first-order chi connectivity index (χ1) is 17.8. The zero-order chi connectivity index (χ0) is 24.3. The molecule has 0 atom stereocenters. The van der Waals surface area contributed by atoms with Crippen molar-refractivity contribution in [3.8, 4) is 17.0 Å². The number of nitrogens with zero attached hydrogens (tertiary/aromatic N) is 4. The smallest absolute Gasteiger partial charge is 0.203 e. The molecule has 0 aliphatic rings. The summed E-state index contributed by atoms with van der Waals surface area (Å²) >= 11 is 1.51. The molecule has 1 N–H and O–H groups in total. The Hall–Kier alpha value is -4.49. The van der Waals surface area contributed by atoms with Crippen molar-refractivity contribution in [1.82, 2.24) is 14.5 Å². The van der Waals surface area contributed by atoms with Crippen molar-refractivity contribution in [2.45, 2.75) is 6.54 Å². The molecule has 0 aliphatic carbocycles. The van der Waals surface area contributed by atoms with Crippen LogP contribution in [0.4, 0.5) is 5.13 Å². The second-order valence-electron chi connectivity index (χ2n) is 8.35. The number of benzene rings is 3. The zero-order valence-corrected chi connectivity index (χ0v) is 20.4. The second-order valence-corrected chi connectivity index (χ2v) is 9.21. The van der Waals surface area contributed by atoms with Crippen LogP contribution in [0.25, 0.3) is 33.1 Å². The van der Waals surface area contributed by atoms with E-state index in [2.05, 4.69) is 79.7 Å². The second kappa shape index (κ2) is 9.64. The lowest BCUT2D eigenvalue weighted by Gasteiger charge is -2.07. The molecule has 0 amide bonds. The lowest BCUT2D eigenvalue weighted by molar-refractivity contribution is 0.415. The van der Waals surface area contributed by atoms with Gasteiger partial charge in [0.1, 0.15) is 5.75 Å². The van der Waals surface area contributed by atoms with Crippen molar-refractivity contribution < 1.29 is 4.74 Å². The average molecular weight is 490 g/mol. The molecule has 0 spiro atoms. The number of anilines is 1. The van der Waals surface area contributed by atoms with Gasteiger partial charge in [-0.25, -0.2) is 4.98 Å². The van der Waals surface area contributed by atoms with Gasteiger partial charge in [0.05, 0.1) is 36.4 Å². The topological polar surface area (TPSA) is 64.3 Å². The van der Waals surface area contributed by atoms with Crippen LogP contribution in [0.2, 0.25) is 0 Å². The van der Waals surface area contributed by atoms with Crippen molar-refractivity contribution >= 4 is 44.5 Å². The number of hydrogen-bond donors (Lipinski definition) is 1.